The van der Waals surface area contributed by atoms with Crippen LogP contribution in [0.5, 0.6) is 11.5 Å². The number of non-ortho nitro benzene ring substituents is 1. The number of allylic oxidation sites excluding steroid dienone is 1. The Morgan fingerprint density at radius 3 is 2.62 bits per heavy atom. The molecule has 0 fully saturated rings. The molecule has 1 aliphatic heterocycles. The number of nitrogens with zero attached hydrogens (tertiary/aromatic N) is 2. The number of esters is 1. The molecule has 0 spiro atoms. The first kappa shape index (κ1) is 20.6. The smallest absolute Gasteiger partial charge is 0.343 e. The standard InChI is InChI=1S/C23H14FN3O5/c24-19-7-2-1-6-16(19)21-17-9-8-15(11-20(17)32-22(26)18(21)12-25)31-23(28)13-4-3-5-14(10-13)27(29)30/h1-11,21H,26H2. The largest absolute Gasteiger partial charge is 0.440 e. The number of nitrogens with two attached hydrogens (primary N) is 1. The summed E-state index contributed by atoms with van der Waals surface area (Å²) < 4.78 is 25.4. The average molecular weight is 431 g/mol. The molecule has 0 bridgehead atoms. The molecular formula is C23H14FN3O5. The van der Waals surface area contributed by atoms with E-state index in [1.165, 1.54) is 42.5 Å². The maximum absolute atomic E-state index is 14.5. The van der Waals surface area contributed by atoms with E-state index in [4.69, 9.17) is 15.2 Å². The number of nitriles is 1. The molecule has 9 heteroatoms. The fraction of sp³-hybridized carbons (Fsp3) is 0.0435. The van der Waals surface area contributed by atoms with Gasteiger partial charge in [0.15, 0.2) is 0 Å². The molecule has 1 atom stereocenters. The lowest BCUT2D eigenvalue weighted by molar-refractivity contribution is -0.384. The van der Waals surface area contributed by atoms with Crippen molar-refractivity contribution in [2.75, 3.05) is 0 Å². The monoisotopic (exact) mass is 431 g/mol. The topological polar surface area (TPSA) is 128 Å². The maximum atomic E-state index is 14.5. The zero-order valence-electron chi connectivity index (χ0n) is 16.3. The van der Waals surface area contributed by atoms with Crippen LogP contribution in [0.15, 0.2) is 78.2 Å². The number of hydrogen-bond acceptors (Lipinski definition) is 7. The van der Waals surface area contributed by atoms with E-state index in [0.717, 1.165) is 6.07 Å². The molecule has 0 saturated carbocycles. The van der Waals surface area contributed by atoms with Gasteiger partial charge in [-0.15, -0.1) is 0 Å². The van der Waals surface area contributed by atoms with Crippen LogP contribution in [-0.2, 0) is 0 Å². The van der Waals surface area contributed by atoms with Gasteiger partial charge < -0.3 is 15.2 Å². The predicted molar refractivity (Wildman–Crippen MR) is 110 cm³/mol. The van der Waals surface area contributed by atoms with Crippen molar-refractivity contribution in [3.63, 3.8) is 0 Å². The third kappa shape index (κ3) is 3.73. The van der Waals surface area contributed by atoms with E-state index in [0.29, 0.717) is 5.56 Å². The Bertz CT molecular complexity index is 1330. The van der Waals surface area contributed by atoms with Gasteiger partial charge in [-0.1, -0.05) is 30.3 Å². The van der Waals surface area contributed by atoms with Gasteiger partial charge in [-0.05, 0) is 18.2 Å². The molecule has 3 aromatic carbocycles. The molecule has 1 heterocycles. The lowest BCUT2D eigenvalue weighted by Crippen LogP contribution is -2.21. The molecule has 3 aromatic rings. The summed E-state index contributed by atoms with van der Waals surface area (Å²) in [6, 6.07) is 17.5. The number of ether oxygens (including phenoxy) is 2. The number of nitro benzene ring substituents is 1. The molecule has 8 nitrogen and oxygen atoms in total. The van der Waals surface area contributed by atoms with Crippen LogP contribution in [0.1, 0.15) is 27.4 Å². The molecule has 0 aromatic heterocycles. The van der Waals surface area contributed by atoms with E-state index in [9.17, 15) is 24.6 Å². The van der Waals surface area contributed by atoms with E-state index < -0.39 is 22.6 Å². The number of rotatable bonds is 4. The minimum absolute atomic E-state index is 0.00625. The van der Waals surface area contributed by atoms with Crippen LogP contribution in [0.4, 0.5) is 10.1 Å². The molecule has 158 valence electrons. The summed E-state index contributed by atoms with van der Waals surface area (Å²) in [6.07, 6.45) is 0. The normalized spacial score (nSPS) is 14.7. The second-order valence-electron chi connectivity index (χ2n) is 6.84. The lowest BCUT2D eigenvalue weighted by atomic mass is 9.83. The van der Waals surface area contributed by atoms with E-state index in [-0.39, 0.29) is 39.8 Å². The van der Waals surface area contributed by atoms with Crippen LogP contribution in [0.25, 0.3) is 0 Å². The Balaban J connectivity index is 1.69. The van der Waals surface area contributed by atoms with Gasteiger partial charge in [0, 0.05) is 29.3 Å². The van der Waals surface area contributed by atoms with E-state index in [1.807, 2.05) is 6.07 Å². The zero-order chi connectivity index (χ0) is 22.8. The molecule has 1 unspecified atom stereocenters. The van der Waals surface area contributed by atoms with Gasteiger partial charge >= 0.3 is 5.97 Å². The summed E-state index contributed by atoms with van der Waals surface area (Å²) in [5.74, 6) is -2.02. The van der Waals surface area contributed by atoms with Crippen LogP contribution >= 0.6 is 0 Å². The predicted octanol–water partition coefficient (Wildman–Crippen LogP) is 4.17. The fourth-order valence-electron chi connectivity index (χ4n) is 3.44. The summed E-state index contributed by atoms with van der Waals surface area (Å²) >= 11 is 0. The van der Waals surface area contributed by atoms with Gasteiger partial charge in [0.2, 0.25) is 5.88 Å². The van der Waals surface area contributed by atoms with Crippen molar-refractivity contribution >= 4 is 11.7 Å². The Hall–Kier alpha value is -4.71. The summed E-state index contributed by atoms with van der Waals surface area (Å²) in [5, 5.41) is 20.5. The van der Waals surface area contributed by atoms with Gasteiger partial charge in [0.25, 0.3) is 5.69 Å². The Morgan fingerprint density at radius 2 is 1.91 bits per heavy atom. The molecule has 1 aliphatic rings. The zero-order valence-corrected chi connectivity index (χ0v) is 16.3. The first-order chi connectivity index (χ1) is 15.4. The Kier molecular flexibility index (Phi) is 5.27. The second-order valence-corrected chi connectivity index (χ2v) is 6.84. The van der Waals surface area contributed by atoms with Crippen LogP contribution in [0.3, 0.4) is 0 Å². The number of carbonyl (C=O) groups excluding carboxylic acids is 1. The second kappa shape index (κ2) is 8.20. The SMILES string of the molecule is N#CC1=C(N)Oc2cc(OC(=O)c3cccc([N+](=O)[O-])c3)ccc2C1c1ccccc1F. The highest BCUT2D eigenvalue weighted by atomic mass is 19.1. The molecule has 4 rings (SSSR count). The van der Waals surface area contributed by atoms with Gasteiger partial charge in [-0.3, -0.25) is 10.1 Å². The summed E-state index contributed by atoms with van der Waals surface area (Å²) in [7, 11) is 0. The average Bonchev–Trinajstić information content (AvgIpc) is 2.78. The lowest BCUT2D eigenvalue weighted by Gasteiger charge is -2.27. The van der Waals surface area contributed by atoms with Gasteiger partial charge in [-0.2, -0.15) is 5.26 Å². The van der Waals surface area contributed by atoms with Crippen LogP contribution in [0, 0.1) is 27.3 Å². The quantitative estimate of drug-likeness (QED) is 0.284. The fourth-order valence-corrected chi connectivity index (χ4v) is 3.44. The number of nitro groups is 1. The van der Waals surface area contributed by atoms with E-state index in [2.05, 4.69) is 0 Å². The first-order valence-electron chi connectivity index (χ1n) is 9.31. The van der Waals surface area contributed by atoms with Crippen molar-refractivity contribution in [2.24, 2.45) is 5.73 Å². The third-order valence-electron chi connectivity index (χ3n) is 4.91. The molecular weight excluding hydrogens is 417 g/mol. The third-order valence-corrected chi connectivity index (χ3v) is 4.91. The number of fused-ring (bicyclic) bond motifs is 1. The Labute approximate surface area is 181 Å². The van der Waals surface area contributed by atoms with Crippen molar-refractivity contribution in [1.29, 1.82) is 5.26 Å². The molecule has 0 aliphatic carbocycles. The number of halogens is 1. The van der Waals surface area contributed by atoms with Gasteiger partial charge in [0.1, 0.15) is 29.0 Å². The summed E-state index contributed by atoms with van der Waals surface area (Å²) in [4.78, 5) is 22.7. The maximum Gasteiger partial charge on any atom is 0.343 e. The molecule has 0 amide bonds. The highest BCUT2D eigenvalue weighted by Crippen LogP contribution is 2.44. The molecule has 0 radical (unpaired) electrons. The van der Waals surface area contributed by atoms with Crippen molar-refractivity contribution < 1.29 is 23.6 Å². The molecule has 2 N–H and O–H groups in total. The highest BCUT2D eigenvalue weighted by Gasteiger charge is 2.32. The summed E-state index contributed by atoms with van der Waals surface area (Å²) in [5.41, 5.74) is 6.43. The van der Waals surface area contributed by atoms with E-state index in [1.54, 1.807) is 18.2 Å². The van der Waals surface area contributed by atoms with Gasteiger partial charge in [-0.25, -0.2) is 9.18 Å². The highest BCUT2D eigenvalue weighted by molar-refractivity contribution is 5.91. The number of carbonyl (C=O) groups is 1. The number of benzene rings is 3. The van der Waals surface area contributed by atoms with Crippen LogP contribution < -0.4 is 15.2 Å². The van der Waals surface area contributed by atoms with E-state index >= 15 is 0 Å². The minimum atomic E-state index is -0.809. The summed E-state index contributed by atoms with van der Waals surface area (Å²) in [6.45, 7) is 0. The van der Waals surface area contributed by atoms with Gasteiger partial charge in [0.05, 0.1) is 16.4 Å². The Morgan fingerprint density at radius 1 is 1.12 bits per heavy atom. The number of hydrogen-bond donors (Lipinski definition) is 1. The van der Waals surface area contributed by atoms with Crippen molar-refractivity contribution in [3.05, 3.63) is 111 Å². The van der Waals surface area contributed by atoms with Crippen LogP contribution in [0.2, 0.25) is 0 Å². The first-order valence-corrected chi connectivity index (χ1v) is 9.31. The van der Waals surface area contributed by atoms with Crippen molar-refractivity contribution in [2.45, 2.75) is 5.92 Å². The molecule has 0 saturated heterocycles. The minimum Gasteiger partial charge on any atom is -0.440 e. The van der Waals surface area contributed by atoms with Crippen molar-refractivity contribution in [3.8, 4) is 17.6 Å². The van der Waals surface area contributed by atoms with Crippen molar-refractivity contribution in [1.82, 2.24) is 0 Å². The molecule has 32 heavy (non-hydrogen) atoms. The van der Waals surface area contributed by atoms with Crippen LogP contribution in [-0.4, -0.2) is 10.9 Å².